The van der Waals surface area contributed by atoms with Gasteiger partial charge in [0.25, 0.3) is 0 Å². The monoisotopic (exact) mass is 506 g/mol. The molecule has 0 fully saturated rings. The van der Waals surface area contributed by atoms with E-state index in [9.17, 15) is 9.59 Å². The number of hydrogen-bond donors (Lipinski definition) is 2. The number of fused-ring (bicyclic) bond motifs is 1. The Morgan fingerprint density at radius 1 is 1.03 bits per heavy atom. The van der Waals surface area contributed by atoms with Crippen LogP contribution in [0.2, 0.25) is 0 Å². The number of aryl methyl sites for hydroxylation is 1. The Morgan fingerprint density at radius 2 is 1.76 bits per heavy atom. The van der Waals surface area contributed by atoms with Crippen LogP contribution in [-0.4, -0.2) is 28.6 Å². The van der Waals surface area contributed by atoms with Crippen molar-refractivity contribution in [1.29, 1.82) is 0 Å². The Balaban J connectivity index is 1.73. The minimum Gasteiger partial charge on any atom is -0.491 e. The van der Waals surface area contributed by atoms with E-state index >= 15 is 0 Å². The highest BCUT2D eigenvalue weighted by Crippen LogP contribution is 2.30. The molecular formula is C31H42N2O4. The summed E-state index contributed by atoms with van der Waals surface area (Å²) in [7, 11) is 0. The average Bonchev–Trinajstić information content (AvgIpc) is 3.18. The fourth-order valence-corrected chi connectivity index (χ4v) is 4.47. The Labute approximate surface area is 221 Å². The number of benzene rings is 2. The van der Waals surface area contributed by atoms with Gasteiger partial charge in [0.2, 0.25) is 5.91 Å². The van der Waals surface area contributed by atoms with E-state index in [2.05, 4.69) is 24.1 Å². The fraction of sp³-hybridized carbons (Fsp3) is 0.484. The second-order valence-corrected chi connectivity index (χ2v) is 11.4. The highest BCUT2D eigenvalue weighted by molar-refractivity contribution is 5.86. The molecule has 0 spiro atoms. The number of esters is 1. The average molecular weight is 507 g/mol. The van der Waals surface area contributed by atoms with Crippen molar-refractivity contribution in [3.63, 3.8) is 0 Å². The zero-order valence-corrected chi connectivity index (χ0v) is 23.3. The van der Waals surface area contributed by atoms with Crippen LogP contribution in [0.3, 0.4) is 0 Å². The Hall–Kier alpha value is -3.28. The number of carbonyl (C=O) groups excluding carboxylic acids is 2. The maximum absolute atomic E-state index is 13.2. The van der Waals surface area contributed by atoms with E-state index in [1.165, 1.54) is 0 Å². The molecule has 0 radical (unpaired) electrons. The minimum absolute atomic E-state index is 0.0322. The number of aromatic nitrogens is 1. The number of H-pyrrole nitrogens is 1. The first-order valence-corrected chi connectivity index (χ1v) is 13.3. The molecule has 1 unspecified atom stereocenters. The summed E-state index contributed by atoms with van der Waals surface area (Å²) in [6.07, 6.45) is 3.96. The SMILES string of the molecule is CC(C)CC(NC(=O)Cc1ccc2[nH]cc(CCC(=O)OC(C)(C)C)c2c1)c1ccccc1OC(C)C. The lowest BCUT2D eigenvalue weighted by molar-refractivity contribution is -0.154. The molecule has 6 heteroatoms. The minimum atomic E-state index is -0.493. The summed E-state index contributed by atoms with van der Waals surface area (Å²) in [4.78, 5) is 28.7. The third-order valence-corrected chi connectivity index (χ3v) is 5.91. The van der Waals surface area contributed by atoms with Gasteiger partial charge in [-0.25, -0.2) is 0 Å². The van der Waals surface area contributed by atoms with Gasteiger partial charge in [-0.15, -0.1) is 0 Å². The smallest absolute Gasteiger partial charge is 0.306 e. The molecule has 0 aliphatic rings. The second-order valence-electron chi connectivity index (χ2n) is 11.4. The van der Waals surface area contributed by atoms with Crippen LogP contribution in [0, 0.1) is 5.92 Å². The van der Waals surface area contributed by atoms with Gasteiger partial charge in [0.1, 0.15) is 11.4 Å². The molecule has 0 aliphatic carbocycles. The fourth-order valence-electron chi connectivity index (χ4n) is 4.47. The highest BCUT2D eigenvalue weighted by atomic mass is 16.6. The van der Waals surface area contributed by atoms with Crippen molar-refractivity contribution >= 4 is 22.8 Å². The van der Waals surface area contributed by atoms with Crippen molar-refractivity contribution in [1.82, 2.24) is 10.3 Å². The first-order chi connectivity index (χ1) is 17.4. The summed E-state index contributed by atoms with van der Waals surface area (Å²) in [5.74, 6) is 0.971. The molecule has 0 bridgehead atoms. The Morgan fingerprint density at radius 3 is 2.43 bits per heavy atom. The van der Waals surface area contributed by atoms with Gasteiger partial charge in [0, 0.05) is 29.1 Å². The van der Waals surface area contributed by atoms with Gasteiger partial charge < -0.3 is 19.8 Å². The molecule has 1 heterocycles. The van der Waals surface area contributed by atoms with Crippen LogP contribution in [0.1, 0.15) is 84.0 Å². The zero-order chi connectivity index (χ0) is 27.2. The summed E-state index contributed by atoms with van der Waals surface area (Å²) < 4.78 is 11.5. The molecule has 0 aliphatic heterocycles. The van der Waals surface area contributed by atoms with Crippen LogP contribution in [0.15, 0.2) is 48.7 Å². The second kappa shape index (κ2) is 12.3. The van der Waals surface area contributed by atoms with Crippen LogP contribution in [-0.2, 0) is 27.2 Å². The molecular weight excluding hydrogens is 464 g/mol. The Kier molecular flexibility index (Phi) is 9.41. The Bertz CT molecular complexity index is 1200. The molecule has 0 saturated heterocycles. The van der Waals surface area contributed by atoms with Crippen LogP contribution < -0.4 is 10.1 Å². The summed E-state index contributed by atoms with van der Waals surface area (Å²) in [6.45, 7) is 13.9. The number of carbonyl (C=O) groups is 2. The van der Waals surface area contributed by atoms with E-state index in [4.69, 9.17) is 9.47 Å². The molecule has 1 atom stereocenters. The summed E-state index contributed by atoms with van der Waals surface area (Å²) in [5.41, 5.74) is 3.47. The van der Waals surface area contributed by atoms with Gasteiger partial charge in [-0.2, -0.15) is 0 Å². The lowest BCUT2D eigenvalue weighted by Crippen LogP contribution is -2.31. The number of ether oxygens (including phenoxy) is 2. The van der Waals surface area contributed by atoms with Crippen LogP contribution in [0.25, 0.3) is 10.9 Å². The molecule has 1 aromatic heterocycles. The van der Waals surface area contributed by atoms with Crippen molar-refractivity contribution in [2.75, 3.05) is 0 Å². The van der Waals surface area contributed by atoms with E-state index in [1.54, 1.807) is 0 Å². The van der Waals surface area contributed by atoms with Gasteiger partial charge >= 0.3 is 5.97 Å². The predicted molar refractivity (Wildman–Crippen MR) is 149 cm³/mol. The van der Waals surface area contributed by atoms with E-state index in [-0.39, 0.29) is 30.4 Å². The molecule has 37 heavy (non-hydrogen) atoms. The zero-order valence-electron chi connectivity index (χ0n) is 23.3. The van der Waals surface area contributed by atoms with Crippen molar-refractivity contribution in [2.45, 2.75) is 91.9 Å². The van der Waals surface area contributed by atoms with Gasteiger partial charge in [-0.1, -0.05) is 38.1 Å². The number of nitrogens with one attached hydrogen (secondary N) is 2. The van der Waals surface area contributed by atoms with Gasteiger partial charge in [-0.05, 0) is 82.7 Å². The molecule has 0 saturated carbocycles. The van der Waals surface area contributed by atoms with Crippen molar-refractivity contribution in [3.8, 4) is 5.75 Å². The van der Waals surface area contributed by atoms with Crippen LogP contribution in [0.5, 0.6) is 5.75 Å². The standard InChI is InChI=1S/C31H42N2O4/c1-20(2)16-27(24-10-8-9-11-28(24)36-21(3)4)33-29(34)18-22-12-14-26-25(17-22)23(19-32-26)13-15-30(35)37-31(5,6)7/h8-12,14,17,19-21,27,32H,13,15-16,18H2,1-7H3,(H,33,34). The molecule has 3 aromatic rings. The maximum atomic E-state index is 13.2. The maximum Gasteiger partial charge on any atom is 0.306 e. The first-order valence-electron chi connectivity index (χ1n) is 13.3. The van der Waals surface area contributed by atoms with Crippen LogP contribution >= 0.6 is 0 Å². The van der Waals surface area contributed by atoms with Gasteiger partial charge in [0.05, 0.1) is 18.6 Å². The number of amides is 1. The number of para-hydroxylation sites is 1. The molecule has 1 amide bonds. The lowest BCUT2D eigenvalue weighted by Gasteiger charge is -2.24. The predicted octanol–water partition coefficient (Wildman–Crippen LogP) is 6.68. The van der Waals surface area contributed by atoms with Crippen molar-refractivity contribution < 1.29 is 19.1 Å². The largest absolute Gasteiger partial charge is 0.491 e. The van der Waals surface area contributed by atoms with Crippen molar-refractivity contribution in [2.24, 2.45) is 5.92 Å². The molecule has 200 valence electrons. The van der Waals surface area contributed by atoms with E-state index in [1.807, 2.05) is 83.3 Å². The van der Waals surface area contributed by atoms with Crippen LogP contribution in [0.4, 0.5) is 0 Å². The third kappa shape index (κ3) is 8.66. The van der Waals surface area contributed by atoms with E-state index in [0.717, 1.165) is 39.8 Å². The molecule has 2 N–H and O–H groups in total. The third-order valence-electron chi connectivity index (χ3n) is 5.91. The molecule has 2 aromatic carbocycles. The highest BCUT2D eigenvalue weighted by Gasteiger charge is 2.21. The molecule has 3 rings (SSSR count). The quantitative estimate of drug-likeness (QED) is 0.284. The van der Waals surface area contributed by atoms with E-state index < -0.39 is 5.60 Å². The summed E-state index contributed by atoms with van der Waals surface area (Å²) in [5, 5.41) is 4.29. The number of hydrogen-bond acceptors (Lipinski definition) is 4. The summed E-state index contributed by atoms with van der Waals surface area (Å²) in [6, 6.07) is 13.8. The van der Waals surface area contributed by atoms with Gasteiger partial charge in [-0.3, -0.25) is 9.59 Å². The summed E-state index contributed by atoms with van der Waals surface area (Å²) >= 11 is 0. The topological polar surface area (TPSA) is 80.4 Å². The van der Waals surface area contributed by atoms with E-state index in [0.29, 0.717) is 18.8 Å². The van der Waals surface area contributed by atoms with Crippen molar-refractivity contribution in [3.05, 3.63) is 65.4 Å². The lowest BCUT2D eigenvalue weighted by atomic mass is 9.95. The normalized spacial score (nSPS) is 12.7. The number of rotatable bonds is 11. The first kappa shape index (κ1) is 28.3. The molecule has 6 nitrogen and oxygen atoms in total. The van der Waals surface area contributed by atoms with Gasteiger partial charge in [0.15, 0.2) is 0 Å². The number of aromatic amines is 1.